The first-order valence-corrected chi connectivity index (χ1v) is 12.8. The molecular weight excluding hydrogens is 388 g/mol. The number of rotatable bonds is 21. The smallest absolute Gasteiger partial charge is 0.359 e. The Labute approximate surface area is 180 Å². The Kier molecular flexibility index (Phi) is 18.5. The van der Waals surface area contributed by atoms with Crippen molar-refractivity contribution >= 4 is 8.97 Å². The van der Waals surface area contributed by atoms with E-state index in [1.807, 2.05) is 41.5 Å². The Bertz CT molecular complexity index is 338. The van der Waals surface area contributed by atoms with Gasteiger partial charge in [-0.05, 0) is 41.5 Å². The van der Waals surface area contributed by atoms with Crippen molar-refractivity contribution in [3.63, 3.8) is 0 Å². The van der Waals surface area contributed by atoms with Gasteiger partial charge in [0.2, 0.25) is 0 Å². The summed E-state index contributed by atoms with van der Waals surface area (Å²) in [7, 11) is -2.91. The van der Waals surface area contributed by atoms with Crippen LogP contribution in [0.2, 0.25) is 0 Å². The summed E-state index contributed by atoms with van der Waals surface area (Å²) in [6.45, 7) is 20.8. The molecule has 0 bridgehead atoms. The van der Waals surface area contributed by atoms with Gasteiger partial charge in [0.05, 0.1) is 0 Å². The molecule has 0 atom stereocenters. The predicted molar refractivity (Wildman–Crippen MR) is 123 cm³/mol. The van der Waals surface area contributed by atoms with Gasteiger partial charge in [0.15, 0.2) is 0 Å². The molecular formula is C19H48N6O3Si. The standard InChI is InChI=1S/C19H48N6O3Si/c1-17(2)26-29(27-18(3)4,28-19(5)6)25-16-15-24-14-13-23-12-11-22-10-9-21-8-7-20/h17-19,21-25H,7-16,20H2,1-6H3. The molecule has 0 aromatic carbocycles. The SMILES string of the molecule is CC(C)O[Si](NCCNCCNCCNCCNCCN)(OC(C)C)OC(C)C. The van der Waals surface area contributed by atoms with Gasteiger partial charge in [-0.3, -0.25) is 4.98 Å². The summed E-state index contributed by atoms with van der Waals surface area (Å²) in [6.07, 6.45) is 0.108. The third kappa shape index (κ3) is 18.4. The fourth-order valence-corrected chi connectivity index (χ4v) is 5.29. The van der Waals surface area contributed by atoms with Crippen molar-refractivity contribution in [3.8, 4) is 0 Å². The van der Waals surface area contributed by atoms with E-state index in [4.69, 9.17) is 19.0 Å². The summed E-state index contributed by atoms with van der Waals surface area (Å²) in [5, 5.41) is 13.5. The molecule has 0 radical (unpaired) electrons. The predicted octanol–water partition coefficient (Wildman–Crippen LogP) is -0.396. The van der Waals surface area contributed by atoms with Crippen LogP contribution in [0.1, 0.15) is 41.5 Å². The van der Waals surface area contributed by atoms with E-state index in [0.717, 1.165) is 58.9 Å². The lowest BCUT2D eigenvalue weighted by molar-refractivity contribution is -0.00588. The van der Waals surface area contributed by atoms with Gasteiger partial charge in [0.1, 0.15) is 0 Å². The Balaban J connectivity index is 3.89. The highest BCUT2D eigenvalue weighted by molar-refractivity contribution is 6.58. The van der Waals surface area contributed by atoms with Gasteiger partial charge in [0.25, 0.3) is 0 Å². The largest absolute Gasteiger partial charge is 0.597 e. The van der Waals surface area contributed by atoms with Crippen molar-refractivity contribution < 1.29 is 13.3 Å². The molecule has 0 aliphatic carbocycles. The third-order valence-corrected chi connectivity index (χ3v) is 6.60. The van der Waals surface area contributed by atoms with Gasteiger partial charge >= 0.3 is 8.97 Å². The van der Waals surface area contributed by atoms with Crippen molar-refractivity contribution in [2.24, 2.45) is 5.73 Å². The summed E-state index contributed by atoms with van der Waals surface area (Å²) >= 11 is 0. The van der Waals surface area contributed by atoms with Crippen LogP contribution in [-0.4, -0.2) is 92.7 Å². The molecule has 0 saturated heterocycles. The zero-order chi connectivity index (χ0) is 22.0. The monoisotopic (exact) mass is 436 g/mol. The van der Waals surface area contributed by atoms with Crippen molar-refractivity contribution in [2.75, 3.05) is 65.4 Å². The van der Waals surface area contributed by atoms with Crippen molar-refractivity contribution in [1.29, 1.82) is 0 Å². The highest BCUT2D eigenvalue weighted by atomic mass is 28.4. The van der Waals surface area contributed by atoms with E-state index < -0.39 is 8.97 Å². The van der Waals surface area contributed by atoms with Crippen molar-refractivity contribution in [1.82, 2.24) is 26.2 Å². The van der Waals surface area contributed by atoms with E-state index in [9.17, 15) is 0 Å². The average molecular weight is 437 g/mol. The number of nitrogens with two attached hydrogens (primary N) is 1. The fraction of sp³-hybridized carbons (Fsp3) is 1.00. The first-order valence-electron chi connectivity index (χ1n) is 11.1. The Morgan fingerprint density at radius 1 is 0.552 bits per heavy atom. The van der Waals surface area contributed by atoms with E-state index in [1.165, 1.54) is 0 Å². The summed E-state index contributed by atoms with van der Waals surface area (Å²) in [5.41, 5.74) is 5.43. The van der Waals surface area contributed by atoms with Gasteiger partial charge in [0, 0.05) is 83.8 Å². The lowest BCUT2D eigenvalue weighted by Crippen LogP contribution is -2.63. The van der Waals surface area contributed by atoms with Crippen LogP contribution in [0, 0.1) is 0 Å². The van der Waals surface area contributed by atoms with Gasteiger partial charge < -0.3 is 40.3 Å². The lowest BCUT2D eigenvalue weighted by atomic mass is 10.5. The number of hydrogen-bond acceptors (Lipinski definition) is 9. The van der Waals surface area contributed by atoms with Crippen LogP contribution >= 0.6 is 0 Å². The maximum Gasteiger partial charge on any atom is 0.597 e. The minimum Gasteiger partial charge on any atom is -0.359 e. The van der Waals surface area contributed by atoms with Crippen LogP contribution in [0.5, 0.6) is 0 Å². The molecule has 0 aromatic heterocycles. The quantitative estimate of drug-likeness (QED) is 0.106. The van der Waals surface area contributed by atoms with Crippen LogP contribution in [0.25, 0.3) is 0 Å². The Hall–Kier alpha value is -0.143. The molecule has 10 heteroatoms. The van der Waals surface area contributed by atoms with E-state index in [-0.39, 0.29) is 18.3 Å². The molecule has 0 fully saturated rings. The molecule has 29 heavy (non-hydrogen) atoms. The second kappa shape index (κ2) is 18.6. The maximum absolute atomic E-state index is 6.10. The van der Waals surface area contributed by atoms with E-state index in [2.05, 4.69) is 26.2 Å². The Morgan fingerprint density at radius 3 is 1.17 bits per heavy atom. The molecule has 0 aliphatic heterocycles. The molecule has 7 N–H and O–H groups in total. The minimum absolute atomic E-state index is 0.0360. The van der Waals surface area contributed by atoms with Crippen LogP contribution < -0.4 is 32.0 Å². The third-order valence-electron chi connectivity index (χ3n) is 3.57. The van der Waals surface area contributed by atoms with E-state index in [1.54, 1.807) is 0 Å². The topological polar surface area (TPSA) is 114 Å². The zero-order valence-electron chi connectivity index (χ0n) is 19.6. The summed E-state index contributed by atoms with van der Waals surface area (Å²) in [4.78, 5) is 3.43. The molecule has 0 rings (SSSR count). The minimum atomic E-state index is -2.91. The van der Waals surface area contributed by atoms with Crippen molar-refractivity contribution in [2.45, 2.75) is 59.9 Å². The molecule has 0 aromatic rings. The first-order chi connectivity index (χ1) is 13.8. The van der Waals surface area contributed by atoms with Gasteiger partial charge in [-0.15, -0.1) is 0 Å². The molecule has 0 aliphatic rings. The number of hydrogen-bond donors (Lipinski definition) is 6. The number of nitrogens with one attached hydrogen (secondary N) is 5. The maximum atomic E-state index is 6.10. The molecule has 9 nitrogen and oxygen atoms in total. The molecule has 0 saturated carbocycles. The summed E-state index contributed by atoms with van der Waals surface area (Å²) in [5.74, 6) is 0. The fourth-order valence-electron chi connectivity index (χ4n) is 2.58. The zero-order valence-corrected chi connectivity index (χ0v) is 20.6. The second-order valence-corrected chi connectivity index (χ2v) is 9.94. The van der Waals surface area contributed by atoms with Crippen LogP contribution in [-0.2, 0) is 13.3 Å². The van der Waals surface area contributed by atoms with Crippen LogP contribution in [0.15, 0.2) is 0 Å². The normalized spacial score (nSPS) is 12.6. The first kappa shape index (κ1) is 28.9. The lowest BCUT2D eigenvalue weighted by Gasteiger charge is -2.34. The second-order valence-electron chi connectivity index (χ2n) is 7.77. The molecule has 176 valence electrons. The van der Waals surface area contributed by atoms with Gasteiger partial charge in [-0.1, -0.05) is 0 Å². The van der Waals surface area contributed by atoms with E-state index in [0.29, 0.717) is 6.54 Å². The van der Waals surface area contributed by atoms with Crippen molar-refractivity contribution in [3.05, 3.63) is 0 Å². The summed E-state index contributed by atoms with van der Waals surface area (Å²) in [6, 6.07) is 0. The van der Waals surface area contributed by atoms with Gasteiger partial charge in [-0.2, -0.15) is 0 Å². The highest BCUT2D eigenvalue weighted by Crippen LogP contribution is 2.14. The molecule has 0 unspecified atom stereocenters. The van der Waals surface area contributed by atoms with Gasteiger partial charge in [-0.25, -0.2) is 0 Å². The average Bonchev–Trinajstić information content (AvgIpc) is 2.60. The molecule has 0 spiro atoms. The van der Waals surface area contributed by atoms with E-state index >= 15 is 0 Å². The molecule has 0 amide bonds. The molecule has 0 heterocycles. The van der Waals surface area contributed by atoms with Crippen LogP contribution in [0.3, 0.4) is 0 Å². The highest BCUT2D eigenvalue weighted by Gasteiger charge is 2.45. The Morgan fingerprint density at radius 2 is 0.862 bits per heavy atom. The van der Waals surface area contributed by atoms with Crippen LogP contribution in [0.4, 0.5) is 0 Å². The summed E-state index contributed by atoms with van der Waals surface area (Å²) < 4.78 is 18.3.